The zero-order valence-corrected chi connectivity index (χ0v) is 17.6. The van der Waals surface area contributed by atoms with Gasteiger partial charge >= 0.3 is 0 Å². The van der Waals surface area contributed by atoms with E-state index in [1.54, 1.807) is 25.6 Å². The third kappa shape index (κ3) is 2.86. The van der Waals surface area contributed by atoms with Gasteiger partial charge in [0, 0.05) is 30.3 Å². The predicted octanol–water partition coefficient (Wildman–Crippen LogP) is 2.39. The summed E-state index contributed by atoms with van der Waals surface area (Å²) < 4.78 is 37.9. The van der Waals surface area contributed by atoms with Crippen LogP contribution in [0.2, 0.25) is 5.02 Å². The minimum atomic E-state index is -3.83. The standard InChI is InChI=1S/C17H19ClN4O4S2/c1-22-16(19)21-17(4-3-5-26-15(17)28(22,23)24)14-12(18)7-13(27-14)10-6-11(25-2)9-20-8-10/h6-9,15H,3-5H2,1-2H3,(H2,19,21). The maximum absolute atomic E-state index is 13.0. The van der Waals surface area contributed by atoms with Crippen LogP contribution in [0.4, 0.5) is 0 Å². The van der Waals surface area contributed by atoms with Gasteiger partial charge in [-0.15, -0.1) is 11.3 Å². The Morgan fingerprint density at radius 3 is 2.96 bits per heavy atom. The first-order valence-corrected chi connectivity index (χ1v) is 11.2. The van der Waals surface area contributed by atoms with Crippen molar-refractivity contribution in [1.82, 2.24) is 9.29 Å². The van der Waals surface area contributed by atoms with Crippen molar-refractivity contribution in [2.24, 2.45) is 10.7 Å². The number of guanidine groups is 1. The van der Waals surface area contributed by atoms with Gasteiger partial charge in [0.25, 0.3) is 10.0 Å². The van der Waals surface area contributed by atoms with Crippen LogP contribution in [0, 0.1) is 0 Å². The van der Waals surface area contributed by atoms with Gasteiger partial charge in [0.15, 0.2) is 0 Å². The average Bonchev–Trinajstić information content (AvgIpc) is 3.09. The first-order chi connectivity index (χ1) is 13.3. The summed E-state index contributed by atoms with van der Waals surface area (Å²) >= 11 is 7.94. The number of ether oxygens (including phenoxy) is 2. The van der Waals surface area contributed by atoms with Gasteiger partial charge in [-0.05, 0) is 25.0 Å². The van der Waals surface area contributed by atoms with Gasteiger partial charge in [0.1, 0.15) is 11.3 Å². The summed E-state index contributed by atoms with van der Waals surface area (Å²) in [4.78, 5) is 10.2. The third-order valence-electron chi connectivity index (χ3n) is 4.96. The highest BCUT2D eigenvalue weighted by Crippen LogP contribution is 2.51. The number of nitrogens with zero attached hydrogens (tertiary/aromatic N) is 3. The Kier molecular flexibility index (Phi) is 4.77. The number of rotatable bonds is 3. The molecule has 0 aliphatic carbocycles. The van der Waals surface area contributed by atoms with Crippen molar-refractivity contribution in [3.63, 3.8) is 0 Å². The minimum absolute atomic E-state index is 0.0733. The molecule has 2 aromatic heterocycles. The first kappa shape index (κ1) is 19.4. The van der Waals surface area contributed by atoms with Crippen molar-refractivity contribution in [1.29, 1.82) is 0 Å². The molecule has 28 heavy (non-hydrogen) atoms. The van der Waals surface area contributed by atoms with Gasteiger partial charge in [0.05, 0.1) is 23.2 Å². The lowest BCUT2D eigenvalue weighted by molar-refractivity contribution is 0.00334. The van der Waals surface area contributed by atoms with Gasteiger partial charge in [-0.1, -0.05) is 11.6 Å². The Hall–Kier alpha value is -1.88. The number of halogens is 1. The highest BCUT2D eigenvalue weighted by Gasteiger charge is 2.57. The van der Waals surface area contributed by atoms with Gasteiger partial charge in [-0.25, -0.2) is 17.7 Å². The molecular weight excluding hydrogens is 424 g/mol. The van der Waals surface area contributed by atoms with Crippen LogP contribution >= 0.6 is 22.9 Å². The van der Waals surface area contributed by atoms with E-state index in [2.05, 4.69) is 9.98 Å². The maximum atomic E-state index is 13.0. The molecule has 0 radical (unpaired) electrons. The molecule has 150 valence electrons. The molecule has 2 aliphatic rings. The molecule has 0 amide bonds. The van der Waals surface area contributed by atoms with E-state index >= 15 is 0 Å². The second-order valence-electron chi connectivity index (χ2n) is 6.61. The molecule has 0 spiro atoms. The second-order valence-corrected chi connectivity index (χ2v) is 10.1. The van der Waals surface area contributed by atoms with E-state index in [9.17, 15) is 8.42 Å². The van der Waals surface area contributed by atoms with Gasteiger partial charge < -0.3 is 15.2 Å². The van der Waals surface area contributed by atoms with Gasteiger partial charge in [-0.2, -0.15) is 0 Å². The average molecular weight is 443 g/mol. The van der Waals surface area contributed by atoms with E-state index in [1.165, 1.54) is 18.4 Å². The van der Waals surface area contributed by atoms with Crippen LogP contribution < -0.4 is 10.5 Å². The van der Waals surface area contributed by atoms with Gasteiger partial charge in [-0.3, -0.25) is 4.98 Å². The molecular formula is C17H19ClN4O4S2. The van der Waals surface area contributed by atoms with Crippen LogP contribution in [0.15, 0.2) is 29.5 Å². The Morgan fingerprint density at radius 2 is 2.21 bits per heavy atom. The third-order valence-corrected chi connectivity index (χ3v) is 8.74. The Balaban J connectivity index is 1.88. The van der Waals surface area contributed by atoms with Crippen molar-refractivity contribution < 1.29 is 17.9 Å². The normalized spacial score (nSPS) is 26.5. The molecule has 0 aromatic carbocycles. The number of aromatic nitrogens is 1. The van der Waals surface area contributed by atoms with Gasteiger partial charge in [0.2, 0.25) is 11.4 Å². The van der Waals surface area contributed by atoms with E-state index in [4.69, 9.17) is 26.8 Å². The lowest BCUT2D eigenvalue weighted by Gasteiger charge is -2.44. The quantitative estimate of drug-likeness (QED) is 0.782. The van der Waals surface area contributed by atoms with Crippen LogP contribution in [-0.2, 0) is 20.3 Å². The number of methoxy groups -OCH3 is 1. The minimum Gasteiger partial charge on any atom is -0.495 e. The second kappa shape index (κ2) is 6.87. The summed E-state index contributed by atoms with van der Waals surface area (Å²) in [5.41, 5.74) is 4.45. The molecule has 0 bridgehead atoms. The maximum Gasteiger partial charge on any atom is 0.267 e. The Morgan fingerprint density at radius 1 is 1.43 bits per heavy atom. The number of sulfonamides is 1. The topological polar surface area (TPSA) is 107 Å². The summed E-state index contributed by atoms with van der Waals surface area (Å²) in [6, 6.07) is 3.63. The molecule has 2 unspecified atom stereocenters. The molecule has 1 saturated heterocycles. The van der Waals surface area contributed by atoms with Crippen molar-refractivity contribution in [2.75, 3.05) is 20.8 Å². The molecule has 11 heteroatoms. The van der Waals surface area contributed by atoms with E-state index in [0.717, 1.165) is 14.7 Å². The fraction of sp³-hybridized carbons (Fsp3) is 0.412. The largest absolute Gasteiger partial charge is 0.495 e. The zero-order valence-electron chi connectivity index (χ0n) is 15.3. The summed E-state index contributed by atoms with van der Waals surface area (Å²) in [5.74, 6) is 0.542. The summed E-state index contributed by atoms with van der Waals surface area (Å²) in [5, 5.41) is 0.426. The summed E-state index contributed by atoms with van der Waals surface area (Å²) in [6.07, 6.45) is 4.43. The van der Waals surface area contributed by atoms with Crippen LogP contribution in [-0.4, -0.2) is 49.9 Å². The van der Waals surface area contributed by atoms with E-state index < -0.39 is 21.0 Å². The monoisotopic (exact) mass is 442 g/mol. The Labute approximate surface area is 172 Å². The molecule has 2 N–H and O–H groups in total. The molecule has 2 aromatic rings. The van der Waals surface area contributed by atoms with Crippen molar-refractivity contribution >= 4 is 38.9 Å². The smallest absolute Gasteiger partial charge is 0.267 e. The van der Waals surface area contributed by atoms with Crippen LogP contribution in [0.5, 0.6) is 5.75 Å². The van der Waals surface area contributed by atoms with E-state index in [1.807, 2.05) is 6.07 Å². The molecule has 8 nitrogen and oxygen atoms in total. The molecule has 1 fully saturated rings. The van der Waals surface area contributed by atoms with Crippen molar-refractivity contribution in [3.8, 4) is 16.2 Å². The highest BCUT2D eigenvalue weighted by atomic mass is 35.5. The van der Waals surface area contributed by atoms with Crippen LogP contribution in [0.1, 0.15) is 17.7 Å². The number of hydrogen-bond acceptors (Lipinski definition) is 8. The van der Waals surface area contributed by atoms with Crippen molar-refractivity contribution in [3.05, 3.63) is 34.4 Å². The first-order valence-electron chi connectivity index (χ1n) is 8.53. The number of nitrogens with two attached hydrogens (primary N) is 1. The molecule has 4 heterocycles. The molecule has 2 aliphatic heterocycles. The summed E-state index contributed by atoms with van der Waals surface area (Å²) in [7, 11) is -0.889. The van der Waals surface area contributed by atoms with Crippen molar-refractivity contribution in [2.45, 2.75) is 23.8 Å². The molecule has 0 saturated carbocycles. The molecule has 2 atom stereocenters. The number of fused-ring (bicyclic) bond motifs is 1. The molecule has 4 rings (SSSR count). The predicted molar refractivity (Wildman–Crippen MR) is 108 cm³/mol. The zero-order chi connectivity index (χ0) is 20.1. The number of thiophene rings is 1. The number of aliphatic imine (C=N–C) groups is 1. The number of pyridine rings is 1. The fourth-order valence-corrected chi connectivity index (χ4v) is 6.90. The Bertz CT molecular complexity index is 1060. The van der Waals surface area contributed by atoms with Crippen LogP contribution in [0.3, 0.4) is 0 Å². The van der Waals surface area contributed by atoms with Crippen LogP contribution in [0.25, 0.3) is 10.4 Å². The lowest BCUT2D eigenvalue weighted by Crippen LogP contribution is -2.59. The van der Waals surface area contributed by atoms with E-state index in [-0.39, 0.29) is 5.96 Å². The fourth-order valence-electron chi connectivity index (χ4n) is 3.52. The van der Waals surface area contributed by atoms with E-state index in [0.29, 0.717) is 35.1 Å². The SMILES string of the molecule is COc1cncc(-c2cc(Cl)c(C34CCCOC3S(=O)(=O)N(C)C(N)=N4)s2)c1. The summed E-state index contributed by atoms with van der Waals surface area (Å²) in [6.45, 7) is 0.338. The lowest BCUT2D eigenvalue weighted by atomic mass is 9.90. The highest BCUT2D eigenvalue weighted by molar-refractivity contribution is 7.90. The number of hydrogen-bond donors (Lipinski definition) is 1.